The third kappa shape index (κ3) is 5.06. The number of hydrogen-bond donors (Lipinski definition) is 1. The molecular weight excluding hydrogens is 298 g/mol. The first-order chi connectivity index (χ1) is 10.4. The summed E-state index contributed by atoms with van der Waals surface area (Å²) in [6.07, 6.45) is 9.20. The average molecular weight is 326 g/mol. The van der Waals surface area contributed by atoms with E-state index in [1.165, 1.54) is 44.9 Å². The SMILES string of the molecule is Cl.c1ccc(OC2CCCCC2)c(OCC2CCCNC2)c1. The molecule has 0 amide bonds. The highest BCUT2D eigenvalue weighted by molar-refractivity contribution is 5.85. The Morgan fingerprint density at radius 2 is 1.73 bits per heavy atom. The van der Waals surface area contributed by atoms with Crippen LogP contribution in [-0.4, -0.2) is 25.8 Å². The second-order valence-corrected chi connectivity index (χ2v) is 6.35. The zero-order chi connectivity index (χ0) is 14.3. The summed E-state index contributed by atoms with van der Waals surface area (Å²) in [6, 6.07) is 8.15. The number of halogens is 1. The lowest BCUT2D eigenvalue weighted by molar-refractivity contribution is 0.142. The van der Waals surface area contributed by atoms with Crippen LogP contribution in [0.5, 0.6) is 11.5 Å². The Bertz CT molecular complexity index is 429. The molecule has 0 spiro atoms. The Balaban J connectivity index is 0.00000176. The molecule has 1 aromatic rings. The number of piperidine rings is 1. The molecule has 1 saturated carbocycles. The summed E-state index contributed by atoms with van der Waals surface area (Å²) in [5, 5.41) is 3.44. The first-order valence-corrected chi connectivity index (χ1v) is 8.51. The average Bonchev–Trinajstić information content (AvgIpc) is 2.56. The van der Waals surface area contributed by atoms with Crippen molar-refractivity contribution in [1.29, 1.82) is 0 Å². The van der Waals surface area contributed by atoms with E-state index in [-0.39, 0.29) is 12.4 Å². The van der Waals surface area contributed by atoms with Gasteiger partial charge in [-0.15, -0.1) is 12.4 Å². The molecule has 2 aliphatic rings. The minimum absolute atomic E-state index is 0. The van der Waals surface area contributed by atoms with E-state index in [1.54, 1.807) is 0 Å². The minimum atomic E-state index is 0. The van der Waals surface area contributed by atoms with Gasteiger partial charge < -0.3 is 14.8 Å². The van der Waals surface area contributed by atoms with Gasteiger partial charge in [0.2, 0.25) is 0 Å². The van der Waals surface area contributed by atoms with Crippen molar-refractivity contribution in [2.45, 2.75) is 51.0 Å². The maximum Gasteiger partial charge on any atom is 0.161 e. The molecule has 1 atom stereocenters. The Morgan fingerprint density at radius 3 is 2.45 bits per heavy atom. The van der Waals surface area contributed by atoms with Crippen LogP contribution in [0.2, 0.25) is 0 Å². The van der Waals surface area contributed by atoms with Gasteiger partial charge in [-0.05, 0) is 57.2 Å². The van der Waals surface area contributed by atoms with E-state index in [0.717, 1.165) is 31.2 Å². The maximum atomic E-state index is 6.19. The fraction of sp³-hybridized carbons (Fsp3) is 0.667. The highest BCUT2D eigenvalue weighted by Gasteiger charge is 2.18. The molecule has 3 nitrogen and oxygen atoms in total. The van der Waals surface area contributed by atoms with E-state index < -0.39 is 0 Å². The number of nitrogens with one attached hydrogen (secondary N) is 1. The zero-order valence-corrected chi connectivity index (χ0v) is 14.1. The van der Waals surface area contributed by atoms with E-state index in [1.807, 2.05) is 24.3 Å². The van der Waals surface area contributed by atoms with Gasteiger partial charge in [0.25, 0.3) is 0 Å². The van der Waals surface area contributed by atoms with Gasteiger partial charge in [-0.1, -0.05) is 18.6 Å². The Kier molecular flexibility index (Phi) is 7.34. The number of ether oxygens (including phenoxy) is 2. The third-order valence-corrected chi connectivity index (χ3v) is 4.57. The van der Waals surface area contributed by atoms with Gasteiger partial charge in [0.05, 0.1) is 12.7 Å². The largest absolute Gasteiger partial charge is 0.489 e. The van der Waals surface area contributed by atoms with Crippen molar-refractivity contribution in [3.8, 4) is 11.5 Å². The van der Waals surface area contributed by atoms with Gasteiger partial charge in [0, 0.05) is 12.5 Å². The van der Waals surface area contributed by atoms with Crippen LogP contribution >= 0.6 is 12.4 Å². The van der Waals surface area contributed by atoms with E-state index in [9.17, 15) is 0 Å². The third-order valence-electron chi connectivity index (χ3n) is 4.57. The van der Waals surface area contributed by atoms with Crippen LogP contribution in [0.1, 0.15) is 44.9 Å². The van der Waals surface area contributed by atoms with Crippen LogP contribution in [0.4, 0.5) is 0 Å². The second-order valence-electron chi connectivity index (χ2n) is 6.35. The van der Waals surface area contributed by atoms with Gasteiger partial charge in [-0.3, -0.25) is 0 Å². The predicted octanol–water partition coefficient (Wildman–Crippen LogP) is 4.20. The van der Waals surface area contributed by atoms with Gasteiger partial charge in [0.15, 0.2) is 11.5 Å². The quantitative estimate of drug-likeness (QED) is 0.880. The van der Waals surface area contributed by atoms with Gasteiger partial charge in [-0.2, -0.15) is 0 Å². The first kappa shape index (κ1) is 17.4. The molecule has 1 saturated heterocycles. The summed E-state index contributed by atoms with van der Waals surface area (Å²) < 4.78 is 12.2. The Labute approximate surface area is 140 Å². The van der Waals surface area contributed by atoms with Gasteiger partial charge >= 0.3 is 0 Å². The van der Waals surface area contributed by atoms with Crippen LogP contribution < -0.4 is 14.8 Å². The molecule has 1 aromatic carbocycles. The molecule has 22 heavy (non-hydrogen) atoms. The van der Waals surface area contributed by atoms with Crippen molar-refractivity contribution in [1.82, 2.24) is 5.32 Å². The molecule has 0 bridgehead atoms. The molecule has 2 fully saturated rings. The van der Waals surface area contributed by atoms with Crippen LogP contribution in [0.25, 0.3) is 0 Å². The molecule has 1 aliphatic carbocycles. The van der Waals surface area contributed by atoms with Crippen molar-refractivity contribution in [3.05, 3.63) is 24.3 Å². The molecule has 4 heteroatoms. The van der Waals surface area contributed by atoms with E-state index >= 15 is 0 Å². The number of para-hydroxylation sites is 2. The molecule has 1 heterocycles. The molecule has 1 N–H and O–H groups in total. The zero-order valence-electron chi connectivity index (χ0n) is 13.3. The topological polar surface area (TPSA) is 30.5 Å². The van der Waals surface area contributed by atoms with Crippen LogP contribution in [0.15, 0.2) is 24.3 Å². The van der Waals surface area contributed by atoms with E-state index in [4.69, 9.17) is 9.47 Å². The van der Waals surface area contributed by atoms with Crippen LogP contribution in [0.3, 0.4) is 0 Å². The van der Waals surface area contributed by atoms with Crippen molar-refractivity contribution >= 4 is 12.4 Å². The van der Waals surface area contributed by atoms with Gasteiger partial charge in [-0.25, -0.2) is 0 Å². The Morgan fingerprint density at radius 1 is 0.955 bits per heavy atom. The van der Waals surface area contributed by atoms with Crippen molar-refractivity contribution < 1.29 is 9.47 Å². The molecular formula is C18H28ClNO2. The summed E-state index contributed by atoms with van der Waals surface area (Å²) in [4.78, 5) is 0. The molecule has 0 aromatic heterocycles. The highest BCUT2D eigenvalue weighted by Crippen LogP contribution is 2.31. The van der Waals surface area contributed by atoms with Crippen molar-refractivity contribution in [2.24, 2.45) is 5.92 Å². The summed E-state index contributed by atoms with van der Waals surface area (Å²) in [5.41, 5.74) is 0. The standard InChI is InChI=1S/C18H27NO2.ClH/c1-2-8-16(9-3-1)21-18-11-5-4-10-17(18)20-14-15-7-6-12-19-13-15;/h4-5,10-11,15-16,19H,1-3,6-9,12-14H2;1H. The first-order valence-electron chi connectivity index (χ1n) is 8.51. The lowest BCUT2D eigenvalue weighted by Gasteiger charge is -2.26. The fourth-order valence-corrected chi connectivity index (χ4v) is 3.30. The lowest BCUT2D eigenvalue weighted by Crippen LogP contribution is -2.33. The van der Waals surface area contributed by atoms with Crippen LogP contribution in [-0.2, 0) is 0 Å². The van der Waals surface area contributed by atoms with Gasteiger partial charge in [0.1, 0.15) is 0 Å². The summed E-state index contributed by atoms with van der Waals surface area (Å²) in [6.45, 7) is 3.02. The predicted molar refractivity (Wildman–Crippen MR) is 92.3 cm³/mol. The van der Waals surface area contributed by atoms with E-state index in [2.05, 4.69) is 5.32 Å². The molecule has 0 radical (unpaired) electrons. The Hall–Kier alpha value is -0.930. The smallest absolute Gasteiger partial charge is 0.161 e. The summed E-state index contributed by atoms with van der Waals surface area (Å²) in [7, 11) is 0. The fourth-order valence-electron chi connectivity index (χ4n) is 3.30. The van der Waals surface area contributed by atoms with Crippen LogP contribution in [0, 0.1) is 5.92 Å². The summed E-state index contributed by atoms with van der Waals surface area (Å²) in [5.74, 6) is 2.46. The summed E-state index contributed by atoms with van der Waals surface area (Å²) >= 11 is 0. The number of benzene rings is 1. The highest BCUT2D eigenvalue weighted by atomic mass is 35.5. The monoisotopic (exact) mass is 325 g/mol. The number of rotatable bonds is 5. The number of hydrogen-bond acceptors (Lipinski definition) is 3. The molecule has 1 aliphatic heterocycles. The second kappa shape index (κ2) is 9.26. The minimum Gasteiger partial charge on any atom is -0.489 e. The van der Waals surface area contributed by atoms with Crippen molar-refractivity contribution in [2.75, 3.05) is 19.7 Å². The molecule has 3 rings (SSSR count). The van der Waals surface area contributed by atoms with E-state index in [0.29, 0.717) is 12.0 Å². The molecule has 1 unspecified atom stereocenters. The normalized spacial score (nSPS) is 22.6. The van der Waals surface area contributed by atoms with Crippen molar-refractivity contribution in [3.63, 3.8) is 0 Å². The molecule has 124 valence electrons. The maximum absolute atomic E-state index is 6.19. The lowest BCUT2D eigenvalue weighted by atomic mass is 9.98.